The highest BCUT2D eigenvalue weighted by Gasteiger charge is 2.47. The highest BCUT2D eigenvalue weighted by Crippen LogP contribution is 2.45. The zero-order valence-corrected chi connectivity index (χ0v) is 23.3. The van der Waals surface area contributed by atoms with Crippen LogP contribution in [0.1, 0.15) is 62.3 Å². The van der Waals surface area contributed by atoms with Crippen molar-refractivity contribution in [3.05, 3.63) is 102 Å². The lowest BCUT2D eigenvalue weighted by atomic mass is 9.82. The number of pyridine rings is 1. The summed E-state index contributed by atoms with van der Waals surface area (Å²) < 4.78 is 35.4. The number of hydrogen-bond acceptors (Lipinski definition) is 5. The second-order valence-corrected chi connectivity index (χ2v) is 12.1. The number of sulfonamides is 1. The summed E-state index contributed by atoms with van der Waals surface area (Å²) in [5.41, 5.74) is 2.22. The van der Waals surface area contributed by atoms with Crippen molar-refractivity contribution in [3.63, 3.8) is 0 Å². The third kappa shape index (κ3) is 5.41. The largest absolute Gasteiger partial charge is 0.487 e. The maximum Gasteiger partial charge on any atom is 0.267 e. The average Bonchev–Trinajstić information content (AvgIpc) is 3.18. The van der Waals surface area contributed by atoms with E-state index in [0.29, 0.717) is 30.8 Å². The van der Waals surface area contributed by atoms with Crippen LogP contribution in [-0.2, 0) is 27.0 Å². The Hall–Kier alpha value is -3.71. The van der Waals surface area contributed by atoms with Gasteiger partial charge >= 0.3 is 0 Å². The molecule has 1 fully saturated rings. The number of aromatic nitrogens is 1. The van der Waals surface area contributed by atoms with Gasteiger partial charge in [0.2, 0.25) is 5.91 Å². The van der Waals surface area contributed by atoms with Gasteiger partial charge in [-0.3, -0.25) is 4.79 Å². The van der Waals surface area contributed by atoms with Gasteiger partial charge in [0.05, 0.1) is 21.6 Å². The lowest BCUT2D eigenvalue weighted by Gasteiger charge is -2.43. The number of amides is 1. The lowest BCUT2D eigenvalue weighted by molar-refractivity contribution is -0.129. The molecule has 1 amide bonds. The van der Waals surface area contributed by atoms with Crippen LogP contribution in [0.5, 0.6) is 5.75 Å². The monoisotopic (exact) mass is 542 g/mol. The second-order valence-electron chi connectivity index (χ2n) is 10.3. The van der Waals surface area contributed by atoms with Crippen molar-refractivity contribution >= 4 is 26.8 Å². The predicted octanol–water partition coefficient (Wildman–Crippen LogP) is 6.91. The van der Waals surface area contributed by atoms with Crippen molar-refractivity contribution < 1.29 is 17.9 Å². The second kappa shape index (κ2) is 11.2. The first-order valence-corrected chi connectivity index (χ1v) is 14.9. The predicted molar refractivity (Wildman–Crippen MR) is 153 cm³/mol. The first-order chi connectivity index (χ1) is 18.8. The van der Waals surface area contributed by atoms with E-state index < -0.39 is 21.5 Å². The van der Waals surface area contributed by atoms with Crippen LogP contribution in [0.15, 0.2) is 89.8 Å². The Morgan fingerprint density at radius 1 is 0.872 bits per heavy atom. The summed E-state index contributed by atoms with van der Waals surface area (Å²) in [7, 11) is -4.08. The molecule has 0 bridgehead atoms. The third-order valence-electron chi connectivity index (χ3n) is 7.65. The fourth-order valence-electron chi connectivity index (χ4n) is 5.77. The topological polar surface area (TPSA) is 76.6 Å². The molecular weight excluding hydrogens is 508 g/mol. The van der Waals surface area contributed by atoms with Crippen molar-refractivity contribution in [1.82, 2.24) is 9.29 Å². The summed E-state index contributed by atoms with van der Waals surface area (Å²) >= 11 is 0. The van der Waals surface area contributed by atoms with Gasteiger partial charge in [0.15, 0.2) is 0 Å². The Morgan fingerprint density at radius 3 is 2.23 bits per heavy atom. The summed E-state index contributed by atoms with van der Waals surface area (Å²) in [6.07, 6.45) is 4.88. The minimum Gasteiger partial charge on any atom is -0.487 e. The molecule has 7 heteroatoms. The van der Waals surface area contributed by atoms with Crippen molar-refractivity contribution in [2.24, 2.45) is 0 Å². The molecule has 1 heterocycles. The standard InChI is InChI=1S/C32H34N2O4S/c1-24-11-5-8-14-31(24)39(36,37)34(25(2)35)32(21-9-3-4-10-22-32)27-16-19-29(20-17-27)38-23-28-18-15-26-12-6-7-13-30(26)33-28/h5-8,11-20H,3-4,9-10,21-23H2,1-2H3. The van der Waals surface area contributed by atoms with Gasteiger partial charge in [-0.2, -0.15) is 0 Å². The van der Waals surface area contributed by atoms with Gasteiger partial charge in [0.25, 0.3) is 10.0 Å². The van der Waals surface area contributed by atoms with Crippen LogP contribution in [0.4, 0.5) is 0 Å². The molecule has 202 valence electrons. The van der Waals surface area contributed by atoms with Gasteiger partial charge in [-0.05, 0) is 61.2 Å². The van der Waals surface area contributed by atoms with Crippen molar-refractivity contribution in [2.45, 2.75) is 69.4 Å². The smallest absolute Gasteiger partial charge is 0.267 e. The van der Waals surface area contributed by atoms with E-state index in [4.69, 9.17) is 4.74 Å². The summed E-state index contributed by atoms with van der Waals surface area (Å²) in [6, 6.07) is 26.4. The molecule has 1 aliphatic rings. The molecule has 3 aromatic carbocycles. The maximum atomic E-state index is 14.1. The van der Waals surface area contributed by atoms with Crippen LogP contribution < -0.4 is 4.74 Å². The van der Waals surface area contributed by atoms with Crippen LogP contribution in [0.25, 0.3) is 10.9 Å². The fraction of sp³-hybridized carbons (Fsp3) is 0.312. The highest BCUT2D eigenvalue weighted by molar-refractivity contribution is 7.89. The Kier molecular flexibility index (Phi) is 7.71. The van der Waals surface area contributed by atoms with E-state index in [1.54, 1.807) is 31.2 Å². The molecule has 0 unspecified atom stereocenters. The van der Waals surface area contributed by atoms with Gasteiger partial charge in [-0.1, -0.05) is 80.3 Å². The van der Waals surface area contributed by atoms with E-state index in [1.807, 2.05) is 60.7 Å². The minimum atomic E-state index is -4.08. The molecule has 0 radical (unpaired) electrons. The molecule has 0 saturated heterocycles. The van der Waals surface area contributed by atoms with Gasteiger partial charge in [-0.15, -0.1) is 0 Å². The van der Waals surface area contributed by atoms with Crippen LogP contribution in [0.3, 0.4) is 0 Å². The molecular formula is C32H34N2O4S. The number of benzene rings is 3. The fourth-order valence-corrected chi connectivity index (χ4v) is 7.78. The molecule has 39 heavy (non-hydrogen) atoms. The molecule has 0 atom stereocenters. The molecule has 1 saturated carbocycles. The minimum absolute atomic E-state index is 0.173. The Bertz CT molecular complexity index is 1570. The molecule has 6 nitrogen and oxygen atoms in total. The summed E-state index contributed by atoms with van der Waals surface area (Å²) in [4.78, 5) is 18.0. The number of carbonyl (C=O) groups is 1. The Morgan fingerprint density at radius 2 is 1.54 bits per heavy atom. The lowest BCUT2D eigenvalue weighted by Crippen LogP contribution is -2.51. The van der Waals surface area contributed by atoms with E-state index >= 15 is 0 Å². The number of nitrogens with zero attached hydrogens (tertiary/aromatic N) is 2. The van der Waals surface area contributed by atoms with E-state index in [1.165, 1.54) is 11.2 Å². The summed E-state index contributed by atoms with van der Waals surface area (Å²) in [5.74, 6) is 0.191. The number of rotatable bonds is 7. The first-order valence-electron chi connectivity index (χ1n) is 13.5. The number of para-hydroxylation sites is 1. The normalized spacial score (nSPS) is 15.4. The van der Waals surface area contributed by atoms with Crippen molar-refractivity contribution in [1.29, 1.82) is 0 Å². The number of ether oxygens (including phenoxy) is 1. The molecule has 0 N–H and O–H groups in total. The van der Waals surface area contributed by atoms with Crippen molar-refractivity contribution in [3.8, 4) is 5.75 Å². The number of fused-ring (bicyclic) bond motifs is 1. The zero-order valence-electron chi connectivity index (χ0n) is 22.5. The number of hydrogen-bond donors (Lipinski definition) is 0. The summed E-state index contributed by atoms with van der Waals surface area (Å²) in [6.45, 7) is 3.44. The quantitative estimate of drug-likeness (QED) is 0.237. The SMILES string of the molecule is CC(=O)N(C1(c2ccc(OCc3ccc4ccccc4n3)cc2)CCCCCC1)S(=O)(=O)c1ccccc1C. The van der Waals surface area contributed by atoms with Crippen LogP contribution in [-0.4, -0.2) is 23.6 Å². The Balaban J connectivity index is 1.47. The van der Waals surface area contributed by atoms with E-state index in [0.717, 1.165) is 47.8 Å². The van der Waals surface area contributed by atoms with Gasteiger partial charge in [0.1, 0.15) is 12.4 Å². The third-order valence-corrected chi connectivity index (χ3v) is 9.75. The van der Waals surface area contributed by atoms with Crippen LogP contribution in [0.2, 0.25) is 0 Å². The maximum absolute atomic E-state index is 14.1. The molecule has 5 rings (SSSR count). The van der Waals surface area contributed by atoms with E-state index in [9.17, 15) is 13.2 Å². The van der Waals surface area contributed by atoms with Gasteiger partial charge < -0.3 is 4.74 Å². The molecule has 0 spiro atoms. The van der Waals surface area contributed by atoms with E-state index in [2.05, 4.69) is 4.98 Å². The first kappa shape index (κ1) is 26.9. The van der Waals surface area contributed by atoms with Crippen molar-refractivity contribution in [2.75, 3.05) is 0 Å². The summed E-state index contributed by atoms with van der Waals surface area (Å²) in [5, 5.41) is 1.08. The molecule has 0 aliphatic heterocycles. The Labute approximate surface area is 230 Å². The molecule has 4 aromatic rings. The molecule has 1 aromatic heterocycles. The van der Waals surface area contributed by atoms with Gasteiger partial charge in [0, 0.05) is 12.3 Å². The number of aryl methyl sites for hydroxylation is 1. The zero-order chi connectivity index (χ0) is 27.5. The van der Waals surface area contributed by atoms with Gasteiger partial charge in [-0.25, -0.2) is 17.7 Å². The van der Waals surface area contributed by atoms with E-state index in [-0.39, 0.29) is 4.90 Å². The average molecular weight is 543 g/mol. The molecule has 1 aliphatic carbocycles. The number of carbonyl (C=O) groups excluding carboxylic acids is 1. The van der Waals surface area contributed by atoms with Crippen LogP contribution >= 0.6 is 0 Å². The van der Waals surface area contributed by atoms with Crippen LogP contribution in [0, 0.1) is 6.92 Å². The highest BCUT2D eigenvalue weighted by atomic mass is 32.2.